The summed E-state index contributed by atoms with van der Waals surface area (Å²) in [6, 6.07) is 17.5. The number of nitrogens with one attached hydrogen (secondary N) is 1. The van der Waals surface area contributed by atoms with Gasteiger partial charge in [0.15, 0.2) is 11.0 Å². The van der Waals surface area contributed by atoms with Gasteiger partial charge in [-0.1, -0.05) is 24.3 Å². The van der Waals surface area contributed by atoms with Gasteiger partial charge in [0.05, 0.1) is 19.1 Å². The lowest BCUT2D eigenvalue weighted by molar-refractivity contribution is -0.114. The van der Waals surface area contributed by atoms with Crippen LogP contribution in [0.4, 0.5) is 0 Å². The molecule has 2 atom stereocenters. The van der Waals surface area contributed by atoms with Crippen LogP contribution in [0.2, 0.25) is 0 Å². The fourth-order valence-corrected chi connectivity index (χ4v) is 5.71. The Balaban J connectivity index is 1.52. The van der Waals surface area contributed by atoms with Crippen LogP contribution in [-0.4, -0.2) is 29.4 Å². The molecule has 0 bridgehead atoms. The highest BCUT2D eigenvalue weighted by atomic mass is 32.2. The van der Waals surface area contributed by atoms with Gasteiger partial charge in [0.2, 0.25) is 0 Å². The Morgan fingerprint density at radius 2 is 1.82 bits per heavy atom. The van der Waals surface area contributed by atoms with Crippen LogP contribution < -0.4 is 14.2 Å². The molecule has 0 radical (unpaired) electrons. The third-order valence-electron chi connectivity index (χ3n) is 6.31. The number of phenolic OH excluding ortho intramolecular Hbond substituents is 1. The summed E-state index contributed by atoms with van der Waals surface area (Å²) >= 11 is 0. The number of carbonyl (C=O) groups excluding carboxylic acids is 1. The minimum Gasteiger partial charge on any atom is -0.507 e. The largest absolute Gasteiger partial charge is 0.507 e. The van der Waals surface area contributed by atoms with Gasteiger partial charge in [0.1, 0.15) is 17.2 Å². The lowest BCUT2D eigenvalue weighted by Crippen LogP contribution is -2.16. The van der Waals surface area contributed by atoms with Crippen molar-refractivity contribution in [2.24, 2.45) is 0 Å². The molecule has 0 aromatic heterocycles. The number of phenols is 1. The molecular formula is C26H23NO5S. The third kappa shape index (κ3) is 3.68. The van der Waals surface area contributed by atoms with Gasteiger partial charge in [-0.25, -0.2) is 4.21 Å². The number of hydrogen-bond acceptors (Lipinski definition) is 5. The number of ether oxygens (including phenoxy) is 2. The molecule has 5 rings (SSSR count). The molecule has 3 aromatic carbocycles. The van der Waals surface area contributed by atoms with Crippen molar-refractivity contribution in [3.63, 3.8) is 0 Å². The van der Waals surface area contributed by atoms with E-state index >= 15 is 0 Å². The van der Waals surface area contributed by atoms with Gasteiger partial charge in [0.25, 0.3) is 5.91 Å². The fraction of sp³-hybridized carbons (Fsp3) is 0.192. The van der Waals surface area contributed by atoms with E-state index in [1.165, 1.54) is 17.2 Å². The van der Waals surface area contributed by atoms with E-state index in [-0.39, 0.29) is 11.7 Å². The monoisotopic (exact) mass is 461 g/mol. The summed E-state index contributed by atoms with van der Waals surface area (Å²) in [6.07, 6.45) is 3.09. The topological polar surface area (TPSA) is 84.9 Å². The highest BCUT2D eigenvalue weighted by Gasteiger charge is 2.29. The van der Waals surface area contributed by atoms with Crippen molar-refractivity contribution in [3.05, 3.63) is 82.9 Å². The Hall–Kier alpha value is -3.58. The molecule has 1 heterocycles. The summed E-state index contributed by atoms with van der Waals surface area (Å²) in [4.78, 5) is 11.8. The zero-order valence-electron chi connectivity index (χ0n) is 18.3. The number of hydrogen-bond donors (Lipinski definition) is 2. The molecule has 0 spiro atoms. The second-order valence-electron chi connectivity index (χ2n) is 8.05. The van der Waals surface area contributed by atoms with Gasteiger partial charge >= 0.3 is 0 Å². The summed E-state index contributed by atoms with van der Waals surface area (Å²) in [5.74, 6) is 1.23. The van der Waals surface area contributed by atoms with Crippen molar-refractivity contribution in [1.82, 2.24) is 4.72 Å². The van der Waals surface area contributed by atoms with Crippen molar-refractivity contribution in [1.29, 1.82) is 0 Å². The third-order valence-corrected chi connectivity index (χ3v) is 7.44. The SMILES string of the molecule is COc1ccc(-c2cccc3c2CC[C@@H]3c2ccc(C3=CC(=O)NS3=O)c(O)c2)c(OC)c1. The molecule has 33 heavy (non-hydrogen) atoms. The number of methoxy groups -OCH3 is 2. The Bertz CT molecular complexity index is 1330. The second-order valence-corrected chi connectivity index (χ2v) is 9.23. The molecular weight excluding hydrogens is 438 g/mol. The van der Waals surface area contributed by atoms with Crippen molar-refractivity contribution in [3.8, 4) is 28.4 Å². The van der Waals surface area contributed by atoms with Crippen LogP contribution in [0.3, 0.4) is 0 Å². The van der Waals surface area contributed by atoms with Gasteiger partial charge in [-0.15, -0.1) is 0 Å². The van der Waals surface area contributed by atoms with Crippen LogP contribution >= 0.6 is 0 Å². The summed E-state index contributed by atoms with van der Waals surface area (Å²) < 4.78 is 25.4. The van der Waals surface area contributed by atoms with E-state index in [0.29, 0.717) is 10.5 Å². The zero-order chi connectivity index (χ0) is 23.1. The Labute approximate surface area is 194 Å². The normalized spacial score (nSPS) is 19.1. The first kappa shape index (κ1) is 21.3. The first-order valence-electron chi connectivity index (χ1n) is 10.6. The average molecular weight is 462 g/mol. The number of rotatable bonds is 5. The molecule has 1 aliphatic heterocycles. The van der Waals surface area contributed by atoms with Crippen LogP contribution in [0.1, 0.15) is 34.6 Å². The molecule has 6 nitrogen and oxygen atoms in total. The Kier molecular flexibility index (Phi) is 5.42. The van der Waals surface area contributed by atoms with E-state index in [1.54, 1.807) is 26.4 Å². The van der Waals surface area contributed by atoms with Crippen molar-refractivity contribution in [2.75, 3.05) is 14.2 Å². The van der Waals surface area contributed by atoms with Crippen molar-refractivity contribution >= 4 is 21.8 Å². The van der Waals surface area contributed by atoms with Gasteiger partial charge in [-0.2, -0.15) is 0 Å². The molecule has 2 N–H and O–H groups in total. The zero-order valence-corrected chi connectivity index (χ0v) is 19.1. The predicted octanol–water partition coefficient (Wildman–Crippen LogP) is 4.29. The standard InChI is InChI=1S/C26H23NO5S/c1-31-16-7-9-21(24(13-16)32-2)19-5-3-4-18-17(10-11-20(18)19)15-6-8-22(23(28)12-15)25-14-26(29)27-33(25)30/h3-9,12-14,17,28H,10-11H2,1-2H3,(H,27,29)/t17-,33?/m1/s1. The highest BCUT2D eigenvalue weighted by molar-refractivity contribution is 7.94. The molecule has 3 aromatic rings. The minimum atomic E-state index is -1.65. The molecule has 2 aliphatic rings. The molecule has 7 heteroatoms. The average Bonchev–Trinajstić information content (AvgIpc) is 3.41. The van der Waals surface area contributed by atoms with Crippen LogP contribution in [0.5, 0.6) is 17.2 Å². The van der Waals surface area contributed by atoms with Crippen LogP contribution in [-0.2, 0) is 22.2 Å². The molecule has 0 fully saturated rings. The molecule has 1 amide bonds. The number of amides is 1. The lowest BCUT2D eigenvalue weighted by Gasteiger charge is -2.17. The van der Waals surface area contributed by atoms with Crippen LogP contribution in [0.25, 0.3) is 16.0 Å². The van der Waals surface area contributed by atoms with Gasteiger partial charge in [-0.3, -0.25) is 9.52 Å². The summed E-state index contributed by atoms with van der Waals surface area (Å²) in [5.41, 5.74) is 6.03. The molecule has 168 valence electrons. The highest BCUT2D eigenvalue weighted by Crippen LogP contribution is 2.45. The number of aromatic hydroxyl groups is 1. The molecule has 0 saturated heterocycles. The van der Waals surface area contributed by atoms with Crippen LogP contribution in [0.15, 0.2) is 60.7 Å². The Morgan fingerprint density at radius 1 is 1.00 bits per heavy atom. The second kappa shape index (κ2) is 8.41. The fourth-order valence-electron chi connectivity index (χ4n) is 4.77. The number of fused-ring (bicyclic) bond motifs is 1. The van der Waals surface area contributed by atoms with E-state index < -0.39 is 16.9 Å². The minimum absolute atomic E-state index is 0.0185. The first-order valence-corrected chi connectivity index (χ1v) is 11.8. The number of benzene rings is 3. The van der Waals surface area contributed by atoms with E-state index in [4.69, 9.17) is 9.47 Å². The summed E-state index contributed by atoms with van der Waals surface area (Å²) in [6.45, 7) is 0. The Morgan fingerprint density at radius 3 is 2.52 bits per heavy atom. The molecule has 1 aliphatic carbocycles. The maximum absolute atomic E-state index is 12.1. The quantitative estimate of drug-likeness (QED) is 0.592. The predicted molar refractivity (Wildman–Crippen MR) is 128 cm³/mol. The smallest absolute Gasteiger partial charge is 0.257 e. The lowest BCUT2D eigenvalue weighted by atomic mass is 9.90. The summed E-state index contributed by atoms with van der Waals surface area (Å²) in [7, 11) is 1.65. The van der Waals surface area contributed by atoms with Crippen molar-refractivity contribution < 1.29 is 23.6 Å². The number of carbonyl (C=O) groups is 1. The van der Waals surface area contributed by atoms with E-state index in [2.05, 4.69) is 16.9 Å². The van der Waals surface area contributed by atoms with E-state index in [9.17, 15) is 14.1 Å². The van der Waals surface area contributed by atoms with Gasteiger partial charge in [-0.05, 0) is 59.4 Å². The maximum atomic E-state index is 12.1. The maximum Gasteiger partial charge on any atom is 0.257 e. The first-order chi connectivity index (χ1) is 16.0. The van der Waals surface area contributed by atoms with Gasteiger partial charge in [0, 0.05) is 29.2 Å². The van der Waals surface area contributed by atoms with Crippen LogP contribution in [0, 0.1) is 0 Å². The van der Waals surface area contributed by atoms with Gasteiger partial charge < -0.3 is 14.6 Å². The molecule has 1 unspecified atom stereocenters. The molecule has 0 saturated carbocycles. The van der Waals surface area contributed by atoms with E-state index in [0.717, 1.165) is 41.0 Å². The van der Waals surface area contributed by atoms with Crippen molar-refractivity contribution in [2.45, 2.75) is 18.8 Å². The summed E-state index contributed by atoms with van der Waals surface area (Å²) in [5, 5.41) is 10.7. The van der Waals surface area contributed by atoms with E-state index in [1.807, 2.05) is 30.3 Å².